The number of carboxylic acids is 1. The number of carbonyl (C=O) groups is 2. The Morgan fingerprint density at radius 2 is 1.96 bits per heavy atom. The van der Waals surface area contributed by atoms with E-state index in [1.54, 1.807) is 0 Å². The number of carbonyl (C=O) groups excluding carboxylic acids is 1. The summed E-state index contributed by atoms with van der Waals surface area (Å²) < 4.78 is 0. The van der Waals surface area contributed by atoms with Gasteiger partial charge in [-0.2, -0.15) is 0 Å². The van der Waals surface area contributed by atoms with E-state index in [0.29, 0.717) is 18.5 Å². The molecule has 0 radical (unpaired) electrons. The molecule has 0 bridgehead atoms. The summed E-state index contributed by atoms with van der Waals surface area (Å²) >= 11 is 0. The van der Waals surface area contributed by atoms with Gasteiger partial charge in [-0.1, -0.05) is 25.5 Å². The van der Waals surface area contributed by atoms with Crippen molar-refractivity contribution in [2.45, 2.75) is 51.6 Å². The first-order chi connectivity index (χ1) is 11.1. The number of halogens is 1. The fraction of sp³-hybridized carbons (Fsp3) is 0.556. The molecule has 1 heterocycles. The highest BCUT2D eigenvalue weighted by atomic mass is 35.5. The van der Waals surface area contributed by atoms with Crippen LogP contribution in [-0.4, -0.2) is 41.0 Å². The average molecular weight is 355 g/mol. The van der Waals surface area contributed by atoms with Crippen LogP contribution < -0.4 is 5.32 Å². The Kier molecular flexibility index (Phi) is 8.79. The Hall–Kier alpha value is -1.59. The molecule has 2 rings (SSSR count). The minimum atomic E-state index is -0.826. The second-order valence-electron chi connectivity index (χ2n) is 6.11. The number of aliphatic carboxylic acids is 1. The third kappa shape index (κ3) is 5.80. The first kappa shape index (κ1) is 20.5. The summed E-state index contributed by atoms with van der Waals surface area (Å²) in [6.45, 7) is 4.09. The molecule has 6 heteroatoms. The molecule has 5 nitrogen and oxygen atoms in total. The Morgan fingerprint density at radius 1 is 1.25 bits per heavy atom. The number of hydrogen-bond acceptors (Lipinski definition) is 3. The molecule has 1 aliphatic rings. The molecule has 1 unspecified atom stereocenters. The summed E-state index contributed by atoms with van der Waals surface area (Å²) in [7, 11) is 0. The predicted molar refractivity (Wildman–Crippen MR) is 96.6 cm³/mol. The number of piperidine rings is 1. The minimum Gasteiger partial charge on any atom is -0.480 e. The second-order valence-corrected chi connectivity index (χ2v) is 6.11. The van der Waals surface area contributed by atoms with Gasteiger partial charge < -0.3 is 15.3 Å². The summed E-state index contributed by atoms with van der Waals surface area (Å²) in [5.41, 5.74) is 1.63. The molecule has 1 atom stereocenters. The number of nitrogens with zero attached hydrogens (tertiary/aromatic N) is 1. The molecule has 24 heavy (non-hydrogen) atoms. The number of amides is 1. The van der Waals surface area contributed by atoms with Crippen molar-refractivity contribution in [1.82, 2.24) is 10.2 Å². The van der Waals surface area contributed by atoms with Crippen LogP contribution in [0.25, 0.3) is 0 Å². The van der Waals surface area contributed by atoms with E-state index < -0.39 is 12.0 Å². The van der Waals surface area contributed by atoms with Gasteiger partial charge in [0.15, 0.2) is 0 Å². The first-order valence-corrected chi connectivity index (χ1v) is 8.46. The largest absolute Gasteiger partial charge is 0.480 e. The molecule has 1 aromatic rings. The maximum Gasteiger partial charge on any atom is 0.320 e. The Labute approximate surface area is 149 Å². The summed E-state index contributed by atoms with van der Waals surface area (Å²) in [6.07, 6.45) is 4.76. The molecule has 1 amide bonds. The lowest BCUT2D eigenvalue weighted by atomic mass is 10.1. The van der Waals surface area contributed by atoms with E-state index >= 15 is 0 Å². The first-order valence-electron chi connectivity index (χ1n) is 8.46. The monoisotopic (exact) mass is 354 g/mol. The van der Waals surface area contributed by atoms with Crippen molar-refractivity contribution in [1.29, 1.82) is 0 Å². The van der Waals surface area contributed by atoms with Gasteiger partial charge in [-0.05, 0) is 43.4 Å². The number of carboxylic acid groups (broad SMARTS) is 1. The van der Waals surface area contributed by atoms with Gasteiger partial charge in [0.05, 0.1) is 0 Å². The van der Waals surface area contributed by atoms with Crippen LogP contribution >= 0.6 is 12.4 Å². The van der Waals surface area contributed by atoms with Gasteiger partial charge in [0.1, 0.15) is 6.04 Å². The number of rotatable bonds is 7. The van der Waals surface area contributed by atoms with E-state index in [-0.39, 0.29) is 18.3 Å². The van der Waals surface area contributed by atoms with Crippen molar-refractivity contribution in [2.24, 2.45) is 0 Å². The van der Waals surface area contributed by atoms with Crippen LogP contribution in [0.1, 0.15) is 54.9 Å². The van der Waals surface area contributed by atoms with Gasteiger partial charge in [-0.25, -0.2) is 0 Å². The van der Waals surface area contributed by atoms with Crippen molar-refractivity contribution < 1.29 is 14.7 Å². The van der Waals surface area contributed by atoms with Crippen LogP contribution in [0.5, 0.6) is 0 Å². The van der Waals surface area contributed by atoms with Crippen LogP contribution in [0.15, 0.2) is 24.3 Å². The van der Waals surface area contributed by atoms with Crippen LogP contribution in [0.2, 0.25) is 0 Å². The minimum absolute atomic E-state index is 0. The molecule has 0 aliphatic carbocycles. The molecule has 0 aromatic heterocycles. The number of hydrogen-bond donors (Lipinski definition) is 2. The lowest BCUT2D eigenvalue weighted by molar-refractivity contribution is -0.139. The molecule has 134 valence electrons. The molecule has 0 saturated carbocycles. The lowest BCUT2D eigenvalue weighted by Gasteiger charge is -2.26. The lowest BCUT2D eigenvalue weighted by Crippen LogP contribution is -2.36. The number of likely N-dealkylation sites (tertiary alicyclic amines) is 1. The SMILES string of the molecule is CCCC(NCc1cccc(C(=O)N2CCCCC2)c1)C(=O)O.Cl. The summed E-state index contributed by atoms with van der Waals surface area (Å²) in [6, 6.07) is 6.95. The molecular weight excluding hydrogens is 328 g/mol. The van der Waals surface area contributed by atoms with Crippen molar-refractivity contribution in [3.63, 3.8) is 0 Å². The van der Waals surface area contributed by atoms with E-state index in [1.807, 2.05) is 36.1 Å². The van der Waals surface area contributed by atoms with Crippen molar-refractivity contribution in [3.8, 4) is 0 Å². The summed E-state index contributed by atoms with van der Waals surface area (Å²) in [5.74, 6) is -0.748. The quantitative estimate of drug-likeness (QED) is 0.789. The van der Waals surface area contributed by atoms with E-state index in [1.165, 1.54) is 6.42 Å². The van der Waals surface area contributed by atoms with Crippen molar-refractivity contribution >= 4 is 24.3 Å². The average Bonchev–Trinajstić information content (AvgIpc) is 2.58. The zero-order valence-corrected chi connectivity index (χ0v) is 15.0. The standard InChI is InChI=1S/C18H26N2O3.ClH/c1-2-7-16(18(22)23)19-13-14-8-6-9-15(12-14)17(21)20-10-4-3-5-11-20;/h6,8-9,12,16,19H,2-5,7,10-11,13H2,1H3,(H,22,23);1H. The normalized spacial score (nSPS) is 15.5. The Bertz CT molecular complexity index is 545. The third-order valence-corrected chi connectivity index (χ3v) is 4.25. The highest BCUT2D eigenvalue weighted by Crippen LogP contribution is 2.14. The van der Waals surface area contributed by atoms with E-state index in [9.17, 15) is 14.7 Å². The number of nitrogens with one attached hydrogen (secondary N) is 1. The highest BCUT2D eigenvalue weighted by molar-refractivity contribution is 5.94. The fourth-order valence-electron chi connectivity index (χ4n) is 2.94. The highest BCUT2D eigenvalue weighted by Gasteiger charge is 2.19. The molecule has 1 saturated heterocycles. The van der Waals surface area contributed by atoms with Crippen molar-refractivity contribution in [3.05, 3.63) is 35.4 Å². The van der Waals surface area contributed by atoms with E-state index in [2.05, 4.69) is 5.32 Å². The fourth-order valence-corrected chi connectivity index (χ4v) is 2.94. The van der Waals surface area contributed by atoms with Gasteiger partial charge in [0.2, 0.25) is 0 Å². The smallest absolute Gasteiger partial charge is 0.320 e. The van der Waals surface area contributed by atoms with Crippen LogP contribution in [0.4, 0.5) is 0 Å². The van der Waals surface area contributed by atoms with Crippen LogP contribution in [0, 0.1) is 0 Å². The van der Waals surface area contributed by atoms with Gasteiger partial charge in [0, 0.05) is 25.2 Å². The predicted octanol–water partition coefficient (Wildman–Crippen LogP) is 3.08. The zero-order chi connectivity index (χ0) is 16.7. The van der Waals surface area contributed by atoms with Crippen LogP contribution in [-0.2, 0) is 11.3 Å². The van der Waals surface area contributed by atoms with Crippen molar-refractivity contribution in [2.75, 3.05) is 13.1 Å². The maximum absolute atomic E-state index is 12.5. The third-order valence-electron chi connectivity index (χ3n) is 4.25. The van der Waals surface area contributed by atoms with Gasteiger partial charge in [-0.3, -0.25) is 9.59 Å². The molecule has 1 aromatic carbocycles. The Morgan fingerprint density at radius 3 is 2.58 bits per heavy atom. The number of benzene rings is 1. The summed E-state index contributed by atoms with van der Waals surface area (Å²) in [5, 5.41) is 12.2. The Balaban J connectivity index is 0.00000288. The molecule has 0 spiro atoms. The van der Waals surface area contributed by atoms with E-state index in [0.717, 1.165) is 37.9 Å². The molecular formula is C18H27ClN2O3. The van der Waals surface area contributed by atoms with Gasteiger partial charge in [0.25, 0.3) is 5.91 Å². The molecule has 1 fully saturated rings. The zero-order valence-electron chi connectivity index (χ0n) is 14.2. The molecule has 1 aliphatic heterocycles. The van der Waals surface area contributed by atoms with Gasteiger partial charge >= 0.3 is 5.97 Å². The summed E-state index contributed by atoms with van der Waals surface area (Å²) in [4.78, 5) is 25.6. The second kappa shape index (κ2) is 10.3. The van der Waals surface area contributed by atoms with E-state index in [4.69, 9.17) is 0 Å². The maximum atomic E-state index is 12.5. The van der Waals surface area contributed by atoms with Crippen LogP contribution in [0.3, 0.4) is 0 Å². The van der Waals surface area contributed by atoms with Gasteiger partial charge in [-0.15, -0.1) is 12.4 Å². The topological polar surface area (TPSA) is 69.6 Å². The molecule has 2 N–H and O–H groups in total.